The lowest BCUT2D eigenvalue weighted by molar-refractivity contribution is 0.0879. The van der Waals surface area contributed by atoms with E-state index in [0.29, 0.717) is 30.4 Å². The van der Waals surface area contributed by atoms with E-state index in [9.17, 15) is 5.11 Å². The summed E-state index contributed by atoms with van der Waals surface area (Å²) in [5.74, 6) is 0.927. The Bertz CT molecular complexity index is 795. The van der Waals surface area contributed by atoms with Gasteiger partial charge < -0.3 is 20.2 Å². The van der Waals surface area contributed by atoms with E-state index in [0.717, 1.165) is 11.3 Å². The van der Waals surface area contributed by atoms with Crippen molar-refractivity contribution in [2.75, 3.05) is 6.54 Å². The van der Waals surface area contributed by atoms with Crippen molar-refractivity contribution in [2.45, 2.75) is 25.5 Å². The molecule has 6 heteroatoms. The normalized spacial score (nSPS) is 23.9. The van der Waals surface area contributed by atoms with Crippen LogP contribution in [0.5, 0.6) is 0 Å². The summed E-state index contributed by atoms with van der Waals surface area (Å²) in [6, 6.07) is 8.00. The molecule has 0 bridgehead atoms. The van der Waals surface area contributed by atoms with E-state index in [2.05, 4.69) is 27.0 Å². The van der Waals surface area contributed by atoms with Gasteiger partial charge in [0.1, 0.15) is 17.8 Å². The number of nitrogens with zero attached hydrogens (tertiary/aromatic N) is 3. The molecule has 0 unspecified atom stereocenters. The molecule has 0 saturated carbocycles. The molecule has 23 heavy (non-hydrogen) atoms. The minimum absolute atomic E-state index is 0.134. The smallest absolute Gasteiger partial charge is 0.246 e. The van der Waals surface area contributed by atoms with Crippen LogP contribution in [-0.4, -0.2) is 33.5 Å². The zero-order valence-corrected chi connectivity index (χ0v) is 12.8. The number of aromatic nitrogens is 1. The fourth-order valence-corrected chi connectivity index (χ4v) is 3.47. The number of oxazole rings is 1. The summed E-state index contributed by atoms with van der Waals surface area (Å²) >= 11 is 0. The Kier molecular flexibility index (Phi) is 3.20. The number of aliphatic imine (C=N–C) groups is 1. The lowest BCUT2D eigenvalue weighted by Crippen LogP contribution is -2.41. The third kappa shape index (κ3) is 2.22. The Labute approximate surface area is 134 Å². The second-order valence-electron chi connectivity index (χ2n) is 5.92. The molecule has 1 aromatic heterocycles. The van der Waals surface area contributed by atoms with Gasteiger partial charge in [0.25, 0.3) is 0 Å². The predicted octanol–water partition coefficient (Wildman–Crippen LogP) is 1.69. The fraction of sp³-hybridized carbons (Fsp3) is 0.294. The van der Waals surface area contributed by atoms with Crippen LogP contribution in [0.4, 0.5) is 0 Å². The molecule has 1 aromatic carbocycles. The first-order valence-electron chi connectivity index (χ1n) is 7.61. The van der Waals surface area contributed by atoms with E-state index in [-0.39, 0.29) is 6.04 Å². The maximum atomic E-state index is 10.6. The minimum atomic E-state index is -0.473. The van der Waals surface area contributed by atoms with Gasteiger partial charge in [0, 0.05) is 12.1 Å². The van der Waals surface area contributed by atoms with Gasteiger partial charge in [-0.15, -0.1) is 0 Å². The van der Waals surface area contributed by atoms with E-state index in [4.69, 9.17) is 10.2 Å². The summed E-state index contributed by atoms with van der Waals surface area (Å²) in [5.41, 5.74) is 9.88. The van der Waals surface area contributed by atoms with Crippen LogP contribution in [0, 0.1) is 0 Å². The highest BCUT2D eigenvalue weighted by atomic mass is 16.3. The number of hydrogen-bond acceptors (Lipinski definition) is 6. The lowest BCUT2D eigenvalue weighted by atomic mass is 10.0. The number of fused-ring (bicyclic) bond motifs is 1. The maximum Gasteiger partial charge on any atom is 0.246 e. The second kappa shape index (κ2) is 5.24. The van der Waals surface area contributed by atoms with E-state index in [1.165, 1.54) is 11.8 Å². The largest absolute Gasteiger partial charge is 0.443 e. The van der Waals surface area contributed by atoms with Crippen LogP contribution in [0.1, 0.15) is 30.0 Å². The number of nitrogens with two attached hydrogens (primary N) is 1. The van der Waals surface area contributed by atoms with Gasteiger partial charge in [-0.05, 0) is 18.1 Å². The van der Waals surface area contributed by atoms with Gasteiger partial charge in [0.15, 0.2) is 0 Å². The highest BCUT2D eigenvalue weighted by Gasteiger charge is 2.38. The molecule has 0 radical (unpaired) electrons. The van der Waals surface area contributed by atoms with Crippen molar-refractivity contribution < 1.29 is 9.52 Å². The number of hydrogen-bond donors (Lipinski definition) is 2. The van der Waals surface area contributed by atoms with Crippen molar-refractivity contribution in [3.05, 3.63) is 59.4 Å². The Morgan fingerprint density at radius 2 is 2.17 bits per heavy atom. The van der Waals surface area contributed by atoms with Crippen molar-refractivity contribution >= 4 is 11.5 Å². The van der Waals surface area contributed by atoms with Gasteiger partial charge in [-0.3, -0.25) is 0 Å². The molecule has 118 valence electrons. The van der Waals surface area contributed by atoms with Crippen LogP contribution in [0.15, 0.2) is 51.8 Å². The number of aliphatic hydroxyl groups is 1. The first kappa shape index (κ1) is 14.0. The van der Waals surface area contributed by atoms with Crippen LogP contribution in [0.3, 0.4) is 0 Å². The van der Waals surface area contributed by atoms with Crippen LogP contribution in [0.25, 0.3) is 5.70 Å². The highest BCUT2D eigenvalue weighted by molar-refractivity contribution is 5.90. The summed E-state index contributed by atoms with van der Waals surface area (Å²) in [7, 11) is 0. The summed E-state index contributed by atoms with van der Waals surface area (Å²) in [4.78, 5) is 10.7. The third-order valence-electron chi connectivity index (χ3n) is 4.50. The van der Waals surface area contributed by atoms with E-state index < -0.39 is 6.10 Å². The molecular formula is C17H18N4O2. The molecule has 3 N–H and O–H groups in total. The van der Waals surface area contributed by atoms with Gasteiger partial charge in [0.05, 0.1) is 24.9 Å². The van der Waals surface area contributed by atoms with Crippen LogP contribution in [0.2, 0.25) is 0 Å². The van der Waals surface area contributed by atoms with Crippen LogP contribution in [-0.2, 0) is 6.42 Å². The number of rotatable bonds is 2. The van der Waals surface area contributed by atoms with Gasteiger partial charge >= 0.3 is 0 Å². The fourth-order valence-electron chi connectivity index (χ4n) is 3.47. The van der Waals surface area contributed by atoms with Crippen molar-refractivity contribution in [3.8, 4) is 0 Å². The number of aliphatic hydroxyl groups excluding tert-OH is 1. The number of amidine groups is 1. The Morgan fingerprint density at radius 1 is 1.35 bits per heavy atom. The molecule has 6 nitrogen and oxygen atoms in total. The highest BCUT2D eigenvalue weighted by Crippen LogP contribution is 2.40. The number of allylic oxidation sites excluding steroid dienone is 1. The van der Waals surface area contributed by atoms with Gasteiger partial charge in [-0.2, -0.15) is 0 Å². The summed E-state index contributed by atoms with van der Waals surface area (Å²) < 4.78 is 5.38. The average molecular weight is 310 g/mol. The zero-order chi connectivity index (χ0) is 16.0. The predicted molar refractivity (Wildman–Crippen MR) is 86.3 cm³/mol. The first-order chi connectivity index (χ1) is 11.1. The third-order valence-corrected chi connectivity index (χ3v) is 4.50. The van der Waals surface area contributed by atoms with Crippen LogP contribution < -0.4 is 5.73 Å². The minimum Gasteiger partial charge on any atom is -0.443 e. The molecule has 2 aliphatic rings. The molecule has 1 aliphatic carbocycles. The molecule has 4 rings (SSSR count). The molecule has 2 atom stereocenters. The number of benzene rings is 1. The second-order valence-corrected chi connectivity index (χ2v) is 5.92. The Morgan fingerprint density at radius 3 is 2.96 bits per heavy atom. The Balaban J connectivity index is 1.79. The van der Waals surface area contributed by atoms with Crippen molar-refractivity contribution in [1.82, 2.24) is 9.88 Å². The SMILES string of the molecule is CC1=C(c2ncco2)N=C(N)CN1[C@@H]1c2ccccc2C[C@@H]1O. The van der Waals surface area contributed by atoms with Crippen LogP contribution >= 0.6 is 0 Å². The molecule has 1 aliphatic heterocycles. The van der Waals surface area contributed by atoms with Gasteiger partial charge in [-0.25, -0.2) is 9.98 Å². The zero-order valence-electron chi connectivity index (χ0n) is 12.8. The van der Waals surface area contributed by atoms with Crippen molar-refractivity contribution in [3.63, 3.8) is 0 Å². The van der Waals surface area contributed by atoms with E-state index >= 15 is 0 Å². The molecule has 2 aromatic rings. The summed E-state index contributed by atoms with van der Waals surface area (Å²) in [6.07, 6.45) is 3.27. The van der Waals surface area contributed by atoms with Crippen molar-refractivity contribution in [1.29, 1.82) is 0 Å². The quantitative estimate of drug-likeness (QED) is 0.881. The molecule has 0 saturated heterocycles. The average Bonchev–Trinajstić information content (AvgIpc) is 3.16. The standard InChI is InChI=1S/C17H18N4O2/c1-10-15(17-19-6-7-23-17)20-14(18)9-21(10)16-12-5-3-2-4-11(12)8-13(16)22/h2-7,13,16,22H,8-9H2,1H3,(H2,18,20)/t13-,16+/m0/s1. The molecule has 0 fully saturated rings. The molecule has 0 spiro atoms. The molecule has 2 heterocycles. The molecule has 0 amide bonds. The summed E-state index contributed by atoms with van der Waals surface area (Å²) in [6.45, 7) is 2.44. The topological polar surface area (TPSA) is 87.9 Å². The van der Waals surface area contributed by atoms with Crippen molar-refractivity contribution in [2.24, 2.45) is 10.7 Å². The lowest BCUT2D eigenvalue weighted by Gasteiger charge is -2.36. The van der Waals surface area contributed by atoms with Gasteiger partial charge in [-0.1, -0.05) is 24.3 Å². The van der Waals surface area contributed by atoms with E-state index in [1.807, 2.05) is 19.1 Å². The monoisotopic (exact) mass is 310 g/mol. The molecular weight excluding hydrogens is 292 g/mol. The Hall–Kier alpha value is -2.60. The summed E-state index contributed by atoms with van der Waals surface area (Å²) in [5, 5.41) is 10.6. The first-order valence-corrected chi connectivity index (χ1v) is 7.61. The maximum absolute atomic E-state index is 10.6. The van der Waals surface area contributed by atoms with Gasteiger partial charge in [0.2, 0.25) is 5.89 Å². The van der Waals surface area contributed by atoms with E-state index in [1.54, 1.807) is 6.20 Å².